The molecule has 98 valence electrons. The SMILES string of the molecule is Cc1cc(N2CCCN(C)C(=O)C2)nc(NN)n1. The standard InChI is InChI=1S/C11H18N6O/c1-8-6-9(14-11(13-8)15-12)17-5-3-4-16(2)10(18)7-17/h6H,3-5,7,12H2,1-2H3,(H,13,14,15). The molecule has 1 aliphatic rings. The lowest BCUT2D eigenvalue weighted by Gasteiger charge is -2.21. The van der Waals surface area contributed by atoms with Crippen molar-refractivity contribution in [3.63, 3.8) is 0 Å². The lowest BCUT2D eigenvalue weighted by molar-refractivity contribution is -0.127. The van der Waals surface area contributed by atoms with E-state index in [9.17, 15) is 4.79 Å². The Bertz CT molecular complexity index is 449. The van der Waals surface area contributed by atoms with Crippen LogP contribution in [-0.4, -0.2) is 47.5 Å². The Balaban J connectivity index is 2.24. The van der Waals surface area contributed by atoms with Crippen LogP contribution in [0.4, 0.5) is 11.8 Å². The number of nitrogens with zero attached hydrogens (tertiary/aromatic N) is 4. The highest BCUT2D eigenvalue weighted by molar-refractivity contribution is 5.81. The number of nitrogens with one attached hydrogen (secondary N) is 1. The van der Waals surface area contributed by atoms with E-state index in [0.29, 0.717) is 12.5 Å². The van der Waals surface area contributed by atoms with Crippen molar-refractivity contribution in [3.8, 4) is 0 Å². The van der Waals surface area contributed by atoms with E-state index in [-0.39, 0.29) is 5.91 Å². The maximum atomic E-state index is 11.8. The van der Waals surface area contributed by atoms with Crippen molar-refractivity contribution in [1.82, 2.24) is 14.9 Å². The van der Waals surface area contributed by atoms with Gasteiger partial charge >= 0.3 is 0 Å². The third kappa shape index (κ3) is 2.67. The Kier molecular flexibility index (Phi) is 3.61. The van der Waals surface area contributed by atoms with Crippen LogP contribution in [0.2, 0.25) is 0 Å². The molecule has 0 atom stereocenters. The van der Waals surface area contributed by atoms with Crippen molar-refractivity contribution >= 4 is 17.7 Å². The van der Waals surface area contributed by atoms with Gasteiger partial charge in [-0.15, -0.1) is 0 Å². The molecule has 0 saturated carbocycles. The number of nitrogen functional groups attached to an aromatic ring is 1. The van der Waals surface area contributed by atoms with E-state index >= 15 is 0 Å². The van der Waals surface area contributed by atoms with E-state index in [1.807, 2.05) is 24.9 Å². The average Bonchev–Trinajstić information content (AvgIpc) is 2.51. The minimum absolute atomic E-state index is 0.103. The fourth-order valence-electron chi connectivity index (χ4n) is 1.96. The van der Waals surface area contributed by atoms with Crippen LogP contribution in [-0.2, 0) is 4.79 Å². The molecule has 1 saturated heterocycles. The minimum atomic E-state index is 0.103. The van der Waals surface area contributed by atoms with Crippen molar-refractivity contribution in [2.24, 2.45) is 5.84 Å². The monoisotopic (exact) mass is 250 g/mol. The fraction of sp³-hybridized carbons (Fsp3) is 0.545. The predicted octanol–water partition coefficient (Wildman–Crippen LogP) is -0.261. The molecule has 0 spiro atoms. The van der Waals surface area contributed by atoms with Gasteiger partial charge in [-0.05, 0) is 13.3 Å². The van der Waals surface area contributed by atoms with E-state index in [1.54, 1.807) is 4.90 Å². The molecule has 18 heavy (non-hydrogen) atoms. The summed E-state index contributed by atoms with van der Waals surface area (Å²) in [4.78, 5) is 24.0. The molecule has 0 aliphatic carbocycles. The number of carbonyl (C=O) groups excluding carboxylic acids is 1. The van der Waals surface area contributed by atoms with Gasteiger partial charge in [0.25, 0.3) is 0 Å². The van der Waals surface area contributed by atoms with Crippen LogP contribution >= 0.6 is 0 Å². The number of likely N-dealkylation sites (N-methyl/N-ethyl adjacent to an activating group) is 1. The Morgan fingerprint density at radius 3 is 2.89 bits per heavy atom. The maximum absolute atomic E-state index is 11.8. The Hall–Kier alpha value is -1.89. The number of aromatic nitrogens is 2. The largest absolute Gasteiger partial charge is 0.347 e. The lowest BCUT2D eigenvalue weighted by Crippen LogP contribution is -2.35. The second-order valence-corrected chi connectivity index (χ2v) is 4.43. The van der Waals surface area contributed by atoms with E-state index < -0.39 is 0 Å². The number of carbonyl (C=O) groups is 1. The van der Waals surface area contributed by atoms with E-state index in [2.05, 4.69) is 15.4 Å². The molecular formula is C11H18N6O. The van der Waals surface area contributed by atoms with Gasteiger partial charge in [0.05, 0.1) is 6.54 Å². The number of aryl methyl sites for hydroxylation is 1. The van der Waals surface area contributed by atoms with Crippen LogP contribution in [0.1, 0.15) is 12.1 Å². The molecular weight excluding hydrogens is 232 g/mol. The number of hydrogen-bond donors (Lipinski definition) is 2. The van der Waals surface area contributed by atoms with Gasteiger partial charge in [-0.3, -0.25) is 10.2 Å². The van der Waals surface area contributed by atoms with Crippen LogP contribution in [0.25, 0.3) is 0 Å². The summed E-state index contributed by atoms with van der Waals surface area (Å²) in [5.41, 5.74) is 3.26. The van der Waals surface area contributed by atoms with Gasteiger partial charge < -0.3 is 9.80 Å². The van der Waals surface area contributed by atoms with Gasteiger partial charge in [0, 0.05) is 31.9 Å². The van der Waals surface area contributed by atoms with Crippen molar-refractivity contribution in [2.75, 3.05) is 37.0 Å². The molecule has 3 N–H and O–H groups in total. The first-order valence-corrected chi connectivity index (χ1v) is 5.91. The van der Waals surface area contributed by atoms with Crippen molar-refractivity contribution in [3.05, 3.63) is 11.8 Å². The summed E-state index contributed by atoms with van der Waals surface area (Å²) in [5.74, 6) is 6.54. The molecule has 0 unspecified atom stereocenters. The highest BCUT2D eigenvalue weighted by Gasteiger charge is 2.20. The van der Waals surface area contributed by atoms with Crippen LogP contribution in [0.3, 0.4) is 0 Å². The van der Waals surface area contributed by atoms with Gasteiger partial charge in [0.1, 0.15) is 5.82 Å². The summed E-state index contributed by atoms with van der Waals surface area (Å²) < 4.78 is 0. The number of amides is 1. The number of hydrazine groups is 1. The normalized spacial score (nSPS) is 16.7. The van der Waals surface area contributed by atoms with Gasteiger partial charge in [-0.1, -0.05) is 0 Å². The van der Waals surface area contributed by atoms with Crippen molar-refractivity contribution < 1.29 is 4.79 Å². The Morgan fingerprint density at radius 1 is 1.39 bits per heavy atom. The molecule has 0 bridgehead atoms. The number of anilines is 2. The number of rotatable bonds is 2. The molecule has 0 radical (unpaired) electrons. The van der Waals surface area contributed by atoms with Crippen LogP contribution in [0, 0.1) is 6.92 Å². The molecule has 2 heterocycles. The highest BCUT2D eigenvalue weighted by atomic mass is 16.2. The first-order chi connectivity index (χ1) is 8.60. The van der Waals surface area contributed by atoms with E-state index in [0.717, 1.165) is 31.0 Å². The zero-order chi connectivity index (χ0) is 13.1. The summed E-state index contributed by atoms with van der Waals surface area (Å²) in [6.07, 6.45) is 0.927. The molecule has 7 heteroatoms. The molecule has 1 amide bonds. The first kappa shape index (κ1) is 12.6. The van der Waals surface area contributed by atoms with E-state index in [4.69, 9.17) is 5.84 Å². The van der Waals surface area contributed by atoms with Crippen molar-refractivity contribution in [2.45, 2.75) is 13.3 Å². The van der Waals surface area contributed by atoms with Crippen LogP contribution < -0.4 is 16.2 Å². The summed E-state index contributed by atoms with van der Waals surface area (Å²) in [6, 6.07) is 1.86. The Labute approximate surface area is 106 Å². The number of hydrogen-bond acceptors (Lipinski definition) is 6. The predicted molar refractivity (Wildman–Crippen MR) is 69.0 cm³/mol. The third-order valence-corrected chi connectivity index (χ3v) is 2.97. The lowest BCUT2D eigenvalue weighted by atomic mass is 10.3. The summed E-state index contributed by atoms with van der Waals surface area (Å²) in [6.45, 7) is 3.80. The fourth-order valence-corrected chi connectivity index (χ4v) is 1.96. The van der Waals surface area contributed by atoms with E-state index in [1.165, 1.54) is 0 Å². The van der Waals surface area contributed by atoms with Crippen molar-refractivity contribution in [1.29, 1.82) is 0 Å². The molecule has 1 fully saturated rings. The maximum Gasteiger partial charge on any atom is 0.241 e. The summed E-state index contributed by atoms with van der Waals surface area (Å²) in [7, 11) is 1.82. The molecule has 2 rings (SSSR count). The topological polar surface area (TPSA) is 87.4 Å². The van der Waals surface area contributed by atoms with Crippen LogP contribution in [0.5, 0.6) is 0 Å². The van der Waals surface area contributed by atoms with Crippen LogP contribution in [0.15, 0.2) is 6.07 Å². The van der Waals surface area contributed by atoms with Gasteiger partial charge in [-0.25, -0.2) is 10.8 Å². The van der Waals surface area contributed by atoms with Gasteiger partial charge in [0.2, 0.25) is 11.9 Å². The summed E-state index contributed by atoms with van der Waals surface area (Å²) in [5, 5.41) is 0. The quantitative estimate of drug-likeness (QED) is 0.555. The number of nitrogens with two attached hydrogens (primary N) is 1. The second-order valence-electron chi connectivity index (χ2n) is 4.43. The minimum Gasteiger partial charge on any atom is -0.347 e. The second kappa shape index (κ2) is 5.18. The third-order valence-electron chi connectivity index (χ3n) is 2.97. The smallest absolute Gasteiger partial charge is 0.241 e. The summed E-state index contributed by atoms with van der Waals surface area (Å²) >= 11 is 0. The first-order valence-electron chi connectivity index (χ1n) is 5.91. The molecule has 1 aliphatic heterocycles. The molecule has 0 aromatic carbocycles. The molecule has 7 nitrogen and oxygen atoms in total. The molecule has 1 aromatic heterocycles. The zero-order valence-electron chi connectivity index (χ0n) is 10.7. The Morgan fingerprint density at radius 2 is 2.17 bits per heavy atom. The average molecular weight is 250 g/mol. The van der Waals surface area contributed by atoms with Gasteiger partial charge in [0.15, 0.2) is 0 Å². The zero-order valence-corrected chi connectivity index (χ0v) is 10.7. The van der Waals surface area contributed by atoms with Gasteiger partial charge in [-0.2, -0.15) is 4.98 Å². The highest BCUT2D eigenvalue weighted by Crippen LogP contribution is 2.16. The molecule has 1 aromatic rings.